The van der Waals surface area contributed by atoms with Gasteiger partial charge in [-0.2, -0.15) is 0 Å². The summed E-state index contributed by atoms with van der Waals surface area (Å²) in [5.74, 6) is 0. The van der Waals surface area contributed by atoms with E-state index in [1.807, 2.05) is 0 Å². The van der Waals surface area contributed by atoms with Crippen LogP contribution in [0.25, 0.3) is 0 Å². The van der Waals surface area contributed by atoms with Crippen LogP contribution in [0.5, 0.6) is 0 Å². The maximum atomic E-state index is 9.34. The van der Waals surface area contributed by atoms with Crippen molar-refractivity contribution in [1.82, 2.24) is 9.88 Å². The second-order valence-corrected chi connectivity index (χ2v) is 5.16. The van der Waals surface area contributed by atoms with Gasteiger partial charge in [0.05, 0.1) is 17.3 Å². The van der Waals surface area contributed by atoms with Crippen LogP contribution in [-0.4, -0.2) is 34.2 Å². The Bertz CT molecular complexity index is 387. The zero-order valence-electron chi connectivity index (χ0n) is 9.57. The first kappa shape index (κ1) is 13.1. The Morgan fingerprint density at radius 1 is 1.35 bits per heavy atom. The fourth-order valence-electron chi connectivity index (χ4n) is 2.24. The van der Waals surface area contributed by atoms with Crippen molar-refractivity contribution < 1.29 is 5.11 Å². The maximum Gasteiger partial charge on any atom is 0.129 e. The first-order valence-electron chi connectivity index (χ1n) is 5.86. The fourth-order valence-corrected chi connectivity index (χ4v) is 2.57. The van der Waals surface area contributed by atoms with Crippen LogP contribution in [0.2, 0.25) is 10.2 Å². The first-order valence-corrected chi connectivity index (χ1v) is 6.62. The number of piperidine rings is 1. The largest absolute Gasteiger partial charge is 0.395 e. The molecule has 0 bridgehead atoms. The normalized spacial score (nSPS) is 21.7. The number of pyridine rings is 1. The zero-order chi connectivity index (χ0) is 12.3. The summed E-state index contributed by atoms with van der Waals surface area (Å²) in [6.07, 6.45) is 3.38. The van der Waals surface area contributed by atoms with Crippen LogP contribution >= 0.6 is 23.2 Å². The Morgan fingerprint density at radius 2 is 2.18 bits per heavy atom. The number of rotatable bonds is 3. The van der Waals surface area contributed by atoms with E-state index in [0.29, 0.717) is 16.7 Å². The Hall–Kier alpha value is -0.350. The highest BCUT2D eigenvalue weighted by Crippen LogP contribution is 2.23. The van der Waals surface area contributed by atoms with Gasteiger partial charge in [0.15, 0.2) is 0 Å². The molecule has 1 fully saturated rings. The highest BCUT2D eigenvalue weighted by molar-refractivity contribution is 6.32. The molecular formula is C12H16Cl2N2O. The van der Waals surface area contributed by atoms with Crippen molar-refractivity contribution >= 4 is 23.2 Å². The molecule has 0 spiro atoms. The van der Waals surface area contributed by atoms with Gasteiger partial charge >= 0.3 is 0 Å². The molecule has 1 aromatic rings. The predicted octanol–water partition coefficient (Wildman–Crippen LogP) is 2.74. The SMILES string of the molecule is OCC1CCCCN1Cc1nc(Cl)ccc1Cl. The summed E-state index contributed by atoms with van der Waals surface area (Å²) >= 11 is 12.0. The molecule has 3 nitrogen and oxygen atoms in total. The summed E-state index contributed by atoms with van der Waals surface area (Å²) < 4.78 is 0. The first-order chi connectivity index (χ1) is 8.20. The molecule has 17 heavy (non-hydrogen) atoms. The third-order valence-electron chi connectivity index (χ3n) is 3.20. The number of nitrogens with zero attached hydrogens (tertiary/aromatic N) is 2. The summed E-state index contributed by atoms with van der Waals surface area (Å²) in [5.41, 5.74) is 0.791. The van der Waals surface area contributed by atoms with Gasteiger partial charge in [-0.1, -0.05) is 29.6 Å². The smallest absolute Gasteiger partial charge is 0.129 e. The van der Waals surface area contributed by atoms with E-state index in [1.54, 1.807) is 12.1 Å². The van der Waals surface area contributed by atoms with Crippen LogP contribution in [0, 0.1) is 0 Å². The molecule has 1 aliphatic heterocycles. The van der Waals surface area contributed by atoms with Gasteiger partial charge in [-0.05, 0) is 31.5 Å². The molecule has 94 valence electrons. The van der Waals surface area contributed by atoms with Gasteiger partial charge in [0.1, 0.15) is 5.15 Å². The number of hydrogen-bond donors (Lipinski definition) is 1. The van der Waals surface area contributed by atoms with E-state index in [-0.39, 0.29) is 12.6 Å². The van der Waals surface area contributed by atoms with Crippen molar-refractivity contribution in [2.75, 3.05) is 13.2 Å². The zero-order valence-corrected chi connectivity index (χ0v) is 11.1. The fraction of sp³-hybridized carbons (Fsp3) is 0.583. The van der Waals surface area contributed by atoms with Gasteiger partial charge in [0, 0.05) is 12.6 Å². The van der Waals surface area contributed by atoms with Gasteiger partial charge in [0.2, 0.25) is 0 Å². The van der Waals surface area contributed by atoms with Crippen LogP contribution < -0.4 is 0 Å². The Morgan fingerprint density at radius 3 is 2.94 bits per heavy atom. The average Bonchev–Trinajstić information content (AvgIpc) is 2.34. The lowest BCUT2D eigenvalue weighted by molar-refractivity contribution is 0.0831. The molecule has 0 aliphatic carbocycles. The minimum absolute atomic E-state index is 0.193. The standard InChI is InChI=1S/C12H16Cl2N2O/c13-10-4-5-12(14)15-11(10)7-16-6-2-1-3-9(16)8-17/h4-5,9,17H,1-3,6-8H2. The molecule has 1 saturated heterocycles. The lowest BCUT2D eigenvalue weighted by Crippen LogP contribution is -2.41. The molecule has 0 saturated carbocycles. The van der Waals surface area contributed by atoms with Crippen molar-refractivity contribution in [3.8, 4) is 0 Å². The predicted molar refractivity (Wildman–Crippen MR) is 69.4 cm³/mol. The minimum Gasteiger partial charge on any atom is -0.395 e. The van der Waals surface area contributed by atoms with Crippen molar-refractivity contribution in [3.05, 3.63) is 28.0 Å². The Labute approximate surface area is 111 Å². The van der Waals surface area contributed by atoms with Crippen molar-refractivity contribution in [2.24, 2.45) is 0 Å². The topological polar surface area (TPSA) is 36.4 Å². The lowest BCUT2D eigenvalue weighted by atomic mass is 10.0. The summed E-state index contributed by atoms with van der Waals surface area (Å²) in [5, 5.41) is 10.4. The number of aromatic nitrogens is 1. The number of hydrogen-bond acceptors (Lipinski definition) is 3. The summed E-state index contributed by atoms with van der Waals surface area (Å²) in [7, 11) is 0. The van der Waals surface area contributed by atoms with Gasteiger partial charge < -0.3 is 5.11 Å². The summed E-state index contributed by atoms with van der Waals surface area (Å²) in [4.78, 5) is 6.48. The number of aliphatic hydroxyl groups is 1. The third kappa shape index (κ3) is 3.32. The van der Waals surface area contributed by atoms with Crippen molar-refractivity contribution in [1.29, 1.82) is 0 Å². The van der Waals surface area contributed by atoms with Crippen molar-refractivity contribution in [2.45, 2.75) is 31.8 Å². The summed E-state index contributed by atoms with van der Waals surface area (Å²) in [6.45, 7) is 1.83. The molecule has 0 amide bonds. The van der Waals surface area contributed by atoms with E-state index in [4.69, 9.17) is 23.2 Å². The lowest BCUT2D eigenvalue weighted by Gasteiger charge is -2.34. The Kier molecular flexibility index (Phi) is 4.62. The van der Waals surface area contributed by atoms with Crippen LogP contribution in [0.4, 0.5) is 0 Å². The average molecular weight is 275 g/mol. The van der Waals surface area contributed by atoms with E-state index in [9.17, 15) is 5.11 Å². The third-order valence-corrected chi connectivity index (χ3v) is 3.75. The molecule has 0 aromatic carbocycles. The van der Waals surface area contributed by atoms with E-state index in [2.05, 4.69) is 9.88 Å². The second-order valence-electron chi connectivity index (χ2n) is 4.37. The molecule has 2 rings (SSSR count). The molecule has 1 atom stereocenters. The molecule has 1 aromatic heterocycles. The van der Waals surface area contributed by atoms with Gasteiger partial charge in [0.25, 0.3) is 0 Å². The van der Waals surface area contributed by atoms with Crippen LogP contribution in [-0.2, 0) is 6.54 Å². The number of halogens is 2. The highest BCUT2D eigenvalue weighted by Gasteiger charge is 2.22. The molecule has 5 heteroatoms. The van der Waals surface area contributed by atoms with Crippen LogP contribution in [0.3, 0.4) is 0 Å². The second kappa shape index (κ2) is 6.01. The summed E-state index contributed by atoms with van der Waals surface area (Å²) in [6, 6.07) is 3.68. The van der Waals surface area contributed by atoms with Gasteiger partial charge in [-0.15, -0.1) is 0 Å². The van der Waals surface area contributed by atoms with Crippen LogP contribution in [0.1, 0.15) is 25.0 Å². The minimum atomic E-state index is 0.193. The molecule has 0 radical (unpaired) electrons. The van der Waals surface area contributed by atoms with Crippen molar-refractivity contribution in [3.63, 3.8) is 0 Å². The quantitative estimate of drug-likeness (QED) is 0.862. The number of aliphatic hydroxyl groups excluding tert-OH is 1. The van der Waals surface area contributed by atoms with E-state index < -0.39 is 0 Å². The highest BCUT2D eigenvalue weighted by atomic mass is 35.5. The van der Waals surface area contributed by atoms with Gasteiger partial charge in [-0.3, -0.25) is 4.90 Å². The van der Waals surface area contributed by atoms with Crippen LogP contribution in [0.15, 0.2) is 12.1 Å². The monoisotopic (exact) mass is 274 g/mol. The maximum absolute atomic E-state index is 9.34. The number of likely N-dealkylation sites (tertiary alicyclic amines) is 1. The molecule has 1 aliphatic rings. The molecular weight excluding hydrogens is 259 g/mol. The van der Waals surface area contributed by atoms with E-state index in [0.717, 1.165) is 25.1 Å². The van der Waals surface area contributed by atoms with E-state index >= 15 is 0 Å². The molecule has 2 heterocycles. The molecule has 1 N–H and O–H groups in total. The molecule has 1 unspecified atom stereocenters. The Balaban J connectivity index is 2.10. The van der Waals surface area contributed by atoms with Gasteiger partial charge in [-0.25, -0.2) is 4.98 Å². The van der Waals surface area contributed by atoms with E-state index in [1.165, 1.54) is 6.42 Å².